The maximum atomic E-state index is 12.1. The van der Waals surface area contributed by atoms with Crippen LogP contribution in [0.1, 0.15) is 10.4 Å². The van der Waals surface area contributed by atoms with Gasteiger partial charge in [0.05, 0.1) is 30.2 Å². The number of anilines is 2. The fraction of sp³-hybridized carbons (Fsp3) is 0.0769. The van der Waals surface area contributed by atoms with Crippen molar-refractivity contribution in [1.82, 2.24) is 4.98 Å². The molecule has 2 aromatic rings. The Hall–Kier alpha value is -2.27. The molecule has 19 heavy (non-hydrogen) atoms. The van der Waals surface area contributed by atoms with Gasteiger partial charge in [-0.15, -0.1) is 0 Å². The number of halogens is 1. The Balaban J connectivity index is 2.28. The van der Waals surface area contributed by atoms with Gasteiger partial charge in [-0.1, -0.05) is 23.7 Å². The second kappa shape index (κ2) is 5.58. The van der Waals surface area contributed by atoms with E-state index in [0.29, 0.717) is 17.1 Å². The summed E-state index contributed by atoms with van der Waals surface area (Å²) in [6.07, 6.45) is 1.39. The Bertz CT molecular complexity index is 617. The highest BCUT2D eigenvalue weighted by Gasteiger charge is 2.13. The molecule has 2 rings (SSSR count). The van der Waals surface area contributed by atoms with E-state index in [1.807, 2.05) is 6.07 Å². The minimum absolute atomic E-state index is 0.0987. The highest BCUT2D eigenvalue weighted by atomic mass is 35.5. The van der Waals surface area contributed by atoms with Crippen molar-refractivity contribution >= 4 is 28.9 Å². The van der Waals surface area contributed by atoms with Crippen LogP contribution in [0.2, 0.25) is 5.15 Å². The first kappa shape index (κ1) is 13.2. The molecule has 1 aromatic carbocycles. The number of amides is 1. The van der Waals surface area contributed by atoms with Crippen LogP contribution in [0.4, 0.5) is 11.4 Å². The van der Waals surface area contributed by atoms with Gasteiger partial charge in [0, 0.05) is 0 Å². The molecule has 0 radical (unpaired) electrons. The normalized spacial score (nSPS) is 10.0. The van der Waals surface area contributed by atoms with Crippen molar-refractivity contribution in [3.05, 3.63) is 47.2 Å². The third-order valence-electron chi connectivity index (χ3n) is 2.46. The van der Waals surface area contributed by atoms with Crippen molar-refractivity contribution in [2.24, 2.45) is 0 Å². The van der Waals surface area contributed by atoms with Gasteiger partial charge in [0.1, 0.15) is 10.9 Å². The molecule has 6 heteroatoms. The van der Waals surface area contributed by atoms with Crippen LogP contribution in [0.3, 0.4) is 0 Å². The number of nitrogen functional groups attached to an aromatic ring is 1. The first-order valence-corrected chi connectivity index (χ1v) is 5.85. The summed E-state index contributed by atoms with van der Waals surface area (Å²) in [5, 5.41) is 2.80. The SMILES string of the molecule is COc1ccccc1NC(=O)c1cc(N)cnc1Cl. The number of hydrogen-bond donors (Lipinski definition) is 2. The summed E-state index contributed by atoms with van der Waals surface area (Å²) in [6, 6.07) is 8.54. The predicted molar refractivity (Wildman–Crippen MR) is 74.6 cm³/mol. The number of ether oxygens (including phenoxy) is 1. The zero-order chi connectivity index (χ0) is 13.8. The maximum absolute atomic E-state index is 12.1. The number of hydrogen-bond acceptors (Lipinski definition) is 4. The molecule has 3 N–H and O–H groups in total. The summed E-state index contributed by atoms with van der Waals surface area (Å²) in [5.41, 5.74) is 6.72. The van der Waals surface area contributed by atoms with E-state index in [0.717, 1.165) is 0 Å². The molecule has 1 amide bonds. The summed E-state index contributed by atoms with van der Waals surface area (Å²) in [7, 11) is 1.53. The van der Waals surface area contributed by atoms with E-state index in [4.69, 9.17) is 22.1 Å². The Morgan fingerprint density at radius 2 is 2.16 bits per heavy atom. The van der Waals surface area contributed by atoms with Crippen LogP contribution in [0.15, 0.2) is 36.5 Å². The largest absolute Gasteiger partial charge is 0.495 e. The molecule has 0 unspecified atom stereocenters. The van der Waals surface area contributed by atoms with Crippen molar-refractivity contribution in [1.29, 1.82) is 0 Å². The number of benzene rings is 1. The third-order valence-corrected chi connectivity index (χ3v) is 2.76. The van der Waals surface area contributed by atoms with E-state index in [9.17, 15) is 4.79 Å². The zero-order valence-electron chi connectivity index (χ0n) is 10.2. The number of nitrogens with zero attached hydrogens (tertiary/aromatic N) is 1. The van der Waals surface area contributed by atoms with Crippen LogP contribution in [-0.4, -0.2) is 18.0 Å². The number of nitrogens with two attached hydrogens (primary N) is 1. The average molecular weight is 278 g/mol. The molecular formula is C13H12ClN3O2. The molecule has 0 saturated heterocycles. The van der Waals surface area contributed by atoms with E-state index in [-0.39, 0.29) is 10.7 Å². The molecular weight excluding hydrogens is 266 g/mol. The molecule has 0 atom stereocenters. The van der Waals surface area contributed by atoms with Gasteiger partial charge in [0.2, 0.25) is 0 Å². The van der Waals surface area contributed by atoms with Crippen molar-refractivity contribution in [3.8, 4) is 5.75 Å². The number of aromatic nitrogens is 1. The van der Waals surface area contributed by atoms with Gasteiger partial charge in [-0.05, 0) is 18.2 Å². The number of carbonyl (C=O) groups is 1. The van der Waals surface area contributed by atoms with E-state index < -0.39 is 5.91 Å². The lowest BCUT2D eigenvalue weighted by Gasteiger charge is -2.10. The van der Waals surface area contributed by atoms with Crippen LogP contribution in [0, 0.1) is 0 Å². The van der Waals surface area contributed by atoms with Crippen molar-refractivity contribution in [3.63, 3.8) is 0 Å². The molecule has 0 spiro atoms. The highest BCUT2D eigenvalue weighted by Crippen LogP contribution is 2.25. The van der Waals surface area contributed by atoms with Gasteiger partial charge in [-0.2, -0.15) is 0 Å². The van der Waals surface area contributed by atoms with Gasteiger partial charge < -0.3 is 15.8 Å². The summed E-state index contributed by atoms with van der Waals surface area (Å²) < 4.78 is 5.15. The third kappa shape index (κ3) is 2.95. The van der Waals surface area contributed by atoms with Crippen molar-refractivity contribution < 1.29 is 9.53 Å². The Morgan fingerprint density at radius 1 is 1.42 bits per heavy atom. The van der Waals surface area contributed by atoms with Crippen LogP contribution in [0.5, 0.6) is 5.75 Å². The summed E-state index contributed by atoms with van der Waals surface area (Å²) in [5.74, 6) is 0.165. The number of pyridine rings is 1. The molecule has 0 aliphatic carbocycles. The molecule has 5 nitrogen and oxygen atoms in total. The smallest absolute Gasteiger partial charge is 0.258 e. The number of nitrogens with one attached hydrogen (secondary N) is 1. The first-order chi connectivity index (χ1) is 9.11. The van der Waals surface area contributed by atoms with Gasteiger partial charge in [-0.25, -0.2) is 4.98 Å². The van der Waals surface area contributed by atoms with Gasteiger partial charge in [0.25, 0.3) is 5.91 Å². The first-order valence-electron chi connectivity index (χ1n) is 5.47. The molecule has 0 fully saturated rings. The van der Waals surface area contributed by atoms with E-state index >= 15 is 0 Å². The van der Waals surface area contributed by atoms with Crippen LogP contribution in [-0.2, 0) is 0 Å². The lowest BCUT2D eigenvalue weighted by molar-refractivity contribution is 0.102. The van der Waals surface area contributed by atoms with Gasteiger partial charge >= 0.3 is 0 Å². The van der Waals surface area contributed by atoms with Gasteiger partial charge in [-0.3, -0.25) is 4.79 Å². The standard InChI is InChI=1S/C13H12ClN3O2/c1-19-11-5-3-2-4-10(11)17-13(18)9-6-8(15)7-16-12(9)14/h2-7H,15H2,1H3,(H,17,18). The number of carbonyl (C=O) groups excluding carboxylic acids is 1. The summed E-state index contributed by atoms with van der Waals surface area (Å²) >= 11 is 5.87. The molecule has 0 aliphatic rings. The highest BCUT2D eigenvalue weighted by molar-refractivity contribution is 6.33. The summed E-state index contributed by atoms with van der Waals surface area (Å²) in [4.78, 5) is 15.9. The van der Waals surface area contributed by atoms with E-state index in [1.165, 1.54) is 19.4 Å². The topological polar surface area (TPSA) is 77.2 Å². The Kier molecular flexibility index (Phi) is 3.87. The van der Waals surface area contributed by atoms with E-state index in [2.05, 4.69) is 10.3 Å². The molecule has 0 saturated carbocycles. The van der Waals surface area contributed by atoms with E-state index in [1.54, 1.807) is 18.2 Å². The lowest BCUT2D eigenvalue weighted by atomic mass is 10.2. The zero-order valence-corrected chi connectivity index (χ0v) is 10.9. The fourth-order valence-corrected chi connectivity index (χ4v) is 1.75. The molecule has 0 bridgehead atoms. The predicted octanol–water partition coefficient (Wildman–Crippen LogP) is 2.58. The Labute approximate surface area is 115 Å². The monoisotopic (exact) mass is 277 g/mol. The van der Waals surface area contributed by atoms with Crippen molar-refractivity contribution in [2.45, 2.75) is 0 Å². The average Bonchev–Trinajstić information content (AvgIpc) is 2.42. The van der Waals surface area contributed by atoms with Crippen LogP contribution in [0.25, 0.3) is 0 Å². The number of para-hydroxylation sites is 2. The van der Waals surface area contributed by atoms with Gasteiger partial charge in [0.15, 0.2) is 0 Å². The Morgan fingerprint density at radius 3 is 2.89 bits per heavy atom. The van der Waals surface area contributed by atoms with Crippen LogP contribution >= 0.6 is 11.6 Å². The minimum Gasteiger partial charge on any atom is -0.495 e. The maximum Gasteiger partial charge on any atom is 0.258 e. The number of methoxy groups -OCH3 is 1. The minimum atomic E-state index is -0.394. The molecule has 1 heterocycles. The second-order valence-electron chi connectivity index (χ2n) is 3.76. The quantitative estimate of drug-likeness (QED) is 0.846. The molecule has 98 valence electrons. The molecule has 0 aliphatic heterocycles. The van der Waals surface area contributed by atoms with Crippen molar-refractivity contribution in [2.75, 3.05) is 18.2 Å². The second-order valence-corrected chi connectivity index (χ2v) is 4.12. The fourth-order valence-electron chi connectivity index (χ4n) is 1.56. The number of rotatable bonds is 3. The molecule has 1 aromatic heterocycles. The van der Waals surface area contributed by atoms with Crippen LogP contribution < -0.4 is 15.8 Å². The summed E-state index contributed by atoms with van der Waals surface area (Å²) in [6.45, 7) is 0. The lowest BCUT2D eigenvalue weighted by Crippen LogP contribution is -2.14.